The van der Waals surface area contributed by atoms with Crippen molar-refractivity contribution in [1.29, 1.82) is 0 Å². The van der Waals surface area contributed by atoms with Gasteiger partial charge in [-0.05, 0) is 0 Å². The van der Waals surface area contributed by atoms with Crippen LogP contribution < -0.4 is 9.47 Å². The number of ether oxygens (including phenoxy) is 3. The highest BCUT2D eigenvalue weighted by molar-refractivity contribution is 6.33. The SMILES string of the molecule is COC(=O)c1c(Cl)cnc2c1OCO2. The highest BCUT2D eigenvalue weighted by Crippen LogP contribution is 2.37. The van der Waals surface area contributed by atoms with E-state index >= 15 is 0 Å². The fourth-order valence-corrected chi connectivity index (χ4v) is 1.34. The Kier molecular flexibility index (Phi) is 2.17. The molecule has 1 aromatic heterocycles. The molecule has 0 saturated carbocycles. The van der Waals surface area contributed by atoms with E-state index in [4.69, 9.17) is 21.1 Å². The smallest absolute Gasteiger partial charge is 0.343 e. The average molecular weight is 216 g/mol. The van der Waals surface area contributed by atoms with Crippen LogP contribution in [0.25, 0.3) is 0 Å². The van der Waals surface area contributed by atoms with Gasteiger partial charge in [-0.1, -0.05) is 11.6 Å². The molecule has 2 heterocycles. The van der Waals surface area contributed by atoms with Crippen molar-refractivity contribution in [2.75, 3.05) is 13.9 Å². The van der Waals surface area contributed by atoms with E-state index in [0.717, 1.165) is 0 Å². The molecule has 0 aliphatic carbocycles. The maximum Gasteiger partial charge on any atom is 0.343 e. The molecule has 0 atom stereocenters. The fourth-order valence-electron chi connectivity index (χ4n) is 1.13. The van der Waals surface area contributed by atoms with Gasteiger partial charge in [0.25, 0.3) is 5.88 Å². The number of carbonyl (C=O) groups is 1. The lowest BCUT2D eigenvalue weighted by Crippen LogP contribution is -2.04. The van der Waals surface area contributed by atoms with Crippen LogP contribution in [0.3, 0.4) is 0 Å². The van der Waals surface area contributed by atoms with Crippen LogP contribution in [0.2, 0.25) is 5.02 Å². The Hall–Kier alpha value is -1.49. The second kappa shape index (κ2) is 3.34. The minimum atomic E-state index is -0.570. The summed E-state index contributed by atoms with van der Waals surface area (Å²) in [7, 11) is 1.27. The summed E-state index contributed by atoms with van der Waals surface area (Å²) in [6.07, 6.45) is 1.32. The molecule has 2 rings (SSSR count). The number of halogens is 1. The largest absolute Gasteiger partial charge is 0.465 e. The number of hydrogen-bond donors (Lipinski definition) is 0. The molecule has 0 bridgehead atoms. The fraction of sp³-hybridized carbons (Fsp3) is 0.250. The van der Waals surface area contributed by atoms with Gasteiger partial charge >= 0.3 is 5.97 Å². The van der Waals surface area contributed by atoms with Gasteiger partial charge in [0.1, 0.15) is 5.56 Å². The third kappa shape index (κ3) is 1.26. The molecule has 0 amide bonds. The van der Waals surface area contributed by atoms with Crippen LogP contribution in [0.4, 0.5) is 0 Å². The van der Waals surface area contributed by atoms with E-state index in [2.05, 4.69) is 9.72 Å². The molecule has 0 radical (unpaired) electrons. The van der Waals surface area contributed by atoms with Crippen LogP contribution in [0, 0.1) is 0 Å². The summed E-state index contributed by atoms with van der Waals surface area (Å²) in [6, 6.07) is 0. The Bertz CT molecular complexity index is 393. The van der Waals surface area contributed by atoms with E-state index in [0.29, 0.717) is 0 Å². The molecule has 0 saturated heterocycles. The van der Waals surface area contributed by atoms with Crippen LogP contribution in [0.15, 0.2) is 6.20 Å². The van der Waals surface area contributed by atoms with Crippen molar-refractivity contribution in [2.45, 2.75) is 0 Å². The number of aromatic nitrogens is 1. The molecule has 5 nitrogen and oxygen atoms in total. The van der Waals surface area contributed by atoms with E-state index in [1.165, 1.54) is 13.3 Å². The van der Waals surface area contributed by atoms with Crippen molar-refractivity contribution in [2.24, 2.45) is 0 Å². The number of pyridine rings is 1. The number of fused-ring (bicyclic) bond motifs is 1. The first-order valence-electron chi connectivity index (χ1n) is 3.76. The predicted octanol–water partition coefficient (Wildman–Crippen LogP) is 1.25. The zero-order valence-electron chi connectivity index (χ0n) is 7.24. The lowest BCUT2D eigenvalue weighted by molar-refractivity contribution is 0.0596. The number of nitrogens with zero attached hydrogens (tertiary/aromatic N) is 1. The van der Waals surface area contributed by atoms with Gasteiger partial charge in [0, 0.05) is 0 Å². The number of hydrogen-bond acceptors (Lipinski definition) is 5. The van der Waals surface area contributed by atoms with Gasteiger partial charge in [-0.15, -0.1) is 0 Å². The molecule has 1 aromatic rings. The Balaban J connectivity index is 2.57. The highest BCUT2D eigenvalue weighted by Gasteiger charge is 2.26. The van der Waals surface area contributed by atoms with Gasteiger partial charge in [0.05, 0.1) is 18.3 Å². The van der Waals surface area contributed by atoms with Crippen molar-refractivity contribution in [3.05, 3.63) is 16.8 Å². The molecule has 14 heavy (non-hydrogen) atoms. The molecular formula is C8H6ClNO4. The first-order valence-corrected chi connectivity index (χ1v) is 4.14. The number of rotatable bonds is 1. The summed E-state index contributed by atoms with van der Waals surface area (Å²) in [5.41, 5.74) is 0.150. The Morgan fingerprint density at radius 2 is 2.43 bits per heavy atom. The maximum atomic E-state index is 11.3. The average Bonchev–Trinajstić information content (AvgIpc) is 2.64. The Morgan fingerprint density at radius 3 is 3.14 bits per heavy atom. The molecule has 6 heteroatoms. The predicted molar refractivity (Wildman–Crippen MR) is 46.7 cm³/mol. The van der Waals surface area contributed by atoms with Crippen molar-refractivity contribution in [1.82, 2.24) is 4.98 Å². The Labute approximate surface area is 84.5 Å². The molecule has 0 aromatic carbocycles. The van der Waals surface area contributed by atoms with E-state index in [-0.39, 0.29) is 29.0 Å². The van der Waals surface area contributed by atoms with Gasteiger partial charge in [-0.3, -0.25) is 0 Å². The van der Waals surface area contributed by atoms with Gasteiger partial charge < -0.3 is 14.2 Å². The monoisotopic (exact) mass is 215 g/mol. The lowest BCUT2D eigenvalue weighted by atomic mass is 10.2. The summed E-state index contributed by atoms with van der Waals surface area (Å²) in [4.78, 5) is 15.2. The Morgan fingerprint density at radius 1 is 1.64 bits per heavy atom. The lowest BCUT2D eigenvalue weighted by Gasteiger charge is -2.04. The molecule has 74 valence electrons. The second-order valence-electron chi connectivity index (χ2n) is 2.51. The first kappa shape index (κ1) is 9.08. The molecule has 0 unspecified atom stereocenters. The second-order valence-corrected chi connectivity index (χ2v) is 2.92. The molecule has 0 N–H and O–H groups in total. The van der Waals surface area contributed by atoms with Gasteiger partial charge in [0.2, 0.25) is 12.5 Å². The molecular weight excluding hydrogens is 210 g/mol. The summed E-state index contributed by atoms with van der Waals surface area (Å²) in [6.45, 7) is 0.0344. The van der Waals surface area contributed by atoms with Crippen LogP contribution in [0.5, 0.6) is 11.6 Å². The molecule has 0 spiro atoms. The molecule has 1 aliphatic rings. The first-order chi connectivity index (χ1) is 6.74. The third-order valence-electron chi connectivity index (χ3n) is 1.74. The minimum Gasteiger partial charge on any atom is -0.465 e. The third-order valence-corrected chi connectivity index (χ3v) is 2.03. The van der Waals surface area contributed by atoms with E-state index in [1.807, 2.05) is 0 Å². The number of carbonyl (C=O) groups excluding carboxylic acids is 1. The van der Waals surface area contributed by atoms with Crippen LogP contribution in [0.1, 0.15) is 10.4 Å². The summed E-state index contributed by atoms with van der Waals surface area (Å²) >= 11 is 5.78. The van der Waals surface area contributed by atoms with Gasteiger partial charge in [-0.2, -0.15) is 0 Å². The highest BCUT2D eigenvalue weighted by atomic mass is 35.5. The van der Waals surface area contributed by atoms with Gasteiger partial charge in [-0.25, -0.2) is 9.78 Å². The minimum absolute atomic E-state index is 0.0344. The van der Waals surface area contributed by atoms with Crippen LogP contribution >= 0.6 is 11.6 Å². The van der Waals surface area contributed by atoms with E-state index in [1.54, 1.807) is 0 Å². The van der Waals surface area contributed by atoms with Crippen molar-refractivity contribution in [3.8, 4) is 11.6 Å². The topological polar surface area (TPSA) is 57.7 Å². The summed E-state index contributed by atoms with van der Waals surface area (Å²) in [5, 5.41) is 0.182. The number of esters is 1. The van der Waals surface area contributed by atoms with Gasteiger partial charge in [0.15, 0.2) is 0 Å². The zero-order chi connectivity index (χ0) is 10.1. The standard InChI is InChI=1S/C8H6ClNO4/c1-12-8(11)5-4(9)2-10-7-6(5)13-3-14-7/h2H,3H2,1H3. The van der Waals surface area contributed by atoms with Crippen LogP contribution in [-0.2, 0) is 4.74 Å². The molecule has 0 fully saturated rings. The maximum absolute atomic E-state index is 11.3. The van der Waals surface area contributed by atoms with E-state index in [9.17, 15) is 4.79 Å². The van der Waals surface area contributed by atoms with Crippen molar-refractivity contribution < 1.29 is 19.0 Å². The van der Waals surface area contributed by atoms with Crippen molar-refractivity contribution >= 4 is 17.6 Å². The van der Waals surface area contributed by atoms with Crippen molar-refractivity contribution in [3.63, 3.8) is 0 Å². The quantitative estimate of drug-likeness (QED) is 0.660. The summed E-state index contributed by atoms with van der Waals surface area (Å²) < 4.78 is 14.6. The normalized spacial score (nSPS) is 12.7. The summed E-state index contributed by atoms with van der Waals surface area (Å²) in [5.74, 6) is -0.0710. The van der Waals surface area contributed by atoms with E-state index < -0.39 is 5.97 Å². The number of methoxy groups -OCH3 is 1. The van der Waals surface area contributed by atoms with Crippen LogP contribution in [-0.4, -0.2) is 24.9 Å². The molecule has 1 aliphatic heterocycles. The zero-order valence-corrected chi connectivity index (χ0v) is 8.00.